The van der Waals surface area contributed by atoms with E-state index in [1.165, 1.54) is 0 Å². The van der Waals surface area contributed by atoms with Crippen LogP contribution < -0.4 is 4.74 Å². The van der Waals surface area contributed by atoms with Crippen molar-refractivity contribution in [2.24, 2.45) is 0 Å². The zero-order valence-electron chi connectivity index (χ0n) is 20.7. The number of pyridine rings is 2. The molecule has 0 aliphatic heterocycles. The monoisotopic (exact) mass is 682 g/mol. The van der Waals surface area contributed by atoms with Crippen molar-refractivity contribution in [1.29, 1.82) is 0 Å². The number of benzene rings is 4. The van der Waals surface area contributed by atoms with Crippen molar-refractivity contribution in [3.05, 3.63) is 140 Å². The Morgan fingerprint density at radius 2 is 1.38 bits per heavy atom. The fourth-order valence-electron chi connectivity index (χ4n) is 4.87. The van der Waals surface area contributed by atoms with Gasteiger partial charge in [0.1, 0.15) is 5.82 Å². The molecule has 0 aliphatic carbocycles. The van der Waals surface area contributed by atoms with Gasteiger partial charge in [-0.1, -0.05) is 60.0 Å². The number of nitrogens with zero attached hydrogens (tertiary/aromatic N) is 3. The van der Waals surface area contributed by atoms with Crippen LogP contribution in [0, 0.1) is 12.1 Å². The molecular weight excluding hydrogens is 661 g/mol. The second-order valence-corrected chi connectivity index (χ2v) is 8.93. The molecule has 0 spiro atoms. The van der Waals surface area contributed by atoms with E-state index in [9.17, 15) is 0 Å². The van der Waals surface area contributed by atoms with E-state index < -0.39 is 0 Å². The summed E-state index contributed by atoms with van der Waals surface area (Å²) in [4.78, 5) is 9.13. The number of rotatable bonds is 5. The molecule has 0 fully saturated rings. The number of para-hydroxylation sites is 1. The first kappa shape index (κ1) is 24.8. The van der Waals surface area contributed by atoms with Crippen molar-refractivity contribution >= 4 is 21.8 Å². The summed E-state index contributed by atoms with van der Waals surface area (Å²) in [5.41, 5.74) is 6.04. The van der Waals surface area contributed by atoms with Gasteiger partial charge in [-0.25, -0.2) is 21.1 Å². The number of aromatic nitrogens is 3. The smallest absolute Gasteiger partial charge is 0.460 e. The Morgan fingerprint density at radius 3 is 2.26 bits per heavy atom. The van der Waals surface area contributed by atoms with Crippen LogP contribution in [0.15, 0.2) is 128 Å². The Morgan fingerprint density at radius 1 is 0.590 bits per heavy atom. The van der Waals surface area contributed by atoms with Crippen LogP contribution in [0.1, 0.15) is 0 Å². The minimum atomic E-state index is 0. The Balaban J connectivity index is 0.00000277. The molecule has 7 rings (SSSR count). The SMILES string of the molecule is [Pt+2].[c-]1c(Oc2ccccn2)cccc1-c1[c-]c2c(cc1)c1ccccc1n2-c1ncccc1-c1ccccc1. The van der Waals surface area contributed by atoms with Gasteiger partial charge in [0.05, 0.1) is 0 Å². The minimum Gasteiger partial charge on any atom is -0.460 e. The minimum absolute atomic E-state index is 0. The molecule has 7 aromatic rings. The van der Waals surface area contributed by atoms with Crippen molar-refractivity contribution in [2.45, 2.75) is 0 Å². The fraction of sp³-hybridized carbons (Fsp3) is 0. The first-order valence-corrected chi connectivity index (χ1v) is 12.4. The molecule has 0 amide bonds. The summed E-state index contributed by atoms with van der Waals surface area (Å²) >= 11 is 0. The Bertz CT molecular complexity index is 1900. The van der Waals surface area contributed by atoms with E-state index in [1.54, 1.807) is 6.20 Å². The van der Waals surface area contributed by atoms with Gasteiger partial charge in [0.15, 0.2) is 0 Å². The van der Waals surface area contributed by atoms with Crippen LogP contribution in [0.25, 0.3) is 49.9 Å². The van der Waals surface area contributed by atoms with E-state index in [0.29, 0.717) is 11.6 Å². The number of hydrogen-bond donors (Lipinski definition) is 0. The molecule has 0 bridgehead atoms. The Hall–Kier alpha value is -4.53. The second-order valence-electron chi connectivity index (χ2n) is 8.93. The molecular formula is C34H21N3OPt. The molecule has 39 heavy (non-hydrogen) atoms. The van der Waals surface area contributed by atoms with Gasteiger partial charge in [-0.15, -0.1) is 18.2 Å². The van der Waals surface area contributed by atoms with E-state index in [0.717, 1.165) is 49.9 Å². The quantitative estimate of drug-likeness (QED) is 0.172. The molecule has 5 heteroatoms. The van der Waals surface area contributed by atoms with Gasteiger partial charge >= 0.3 is 21.1 Å². The maximum Gasteiger partial charge on any atom is 2.00 e. The van der Waals surface area contributed by atoms with Gasteiger partial charge in [-0.2, -0.15) is 24.3 Å². The van der Waals surface area contributed by atoms with Gasteiger partial charge in [-0.05, 0) is 40.7 Å². The maximum atomic E-state index is 5.94. The van der Waals surface area contributed by atoms with Gasteiger partial charge in [-0.3, -0.25) is 0 Å². The molecule has 0 radical (unpaired) electrons. The average Bonchev–Trinajstić information content (AvgIpc) is 3.32. The van der Waals surface area contributed by atoms with Gasteiger partial charge in [0, 0.05) is 35.3 Å². The Kier molecular flexibility index (Phi) is 6.79. The standard InChI is InChI=1S/C34H21N3O.Pt/c1-2-10-24(11-3-1)28-15-9-21-36-34(28)37-31-16-5-4-14-29(31)30-19-18-26(23-32(30)37)25-12-8-13-27(22-25)38-33-17-6-7-20-35-33;/h1-21H;/q-2;+2. The molecule has 0 saturated heterocycles. The van der Waals surface area contributed by atoms with E-state index >= 15 is 0 Å². The largest absolute Gasteiger partial charge is 2.00 e. The molecule has 0 N–H and O–H groups in total. The molecule has 3 heterocycles. The van der Waals surface area contributed by atoms with Crippen molar-refractivity contribution in [1.82, 2.24) is 14.5 Å². The third-order valence-electron chi connectivity index (χ3n) is 6.58. The zero-order valence-corrected chi connectivity index (χ0v) is 23.0. The summed E-state index contributed by atoms with van der Waals surface area (Å²) in [5.74, 6) is 2.00. The van der Waals surface area contributed by atoms with Gasteiger partial charge in [0.25, 0.3) is 0 Å². The first-order valence-electron chi connectivity index (χ1n) is 12.4. The average molecular weight is 683 g/mol. The van der Waals surface area contributed by atoms with Crippen molar-refractivity contribution in [3.63, 3.8) is 0 Å². The molecule has 3 aromatic heterocycles. The number of hydrogen-bond acceptors (Lipinski definition) is 3. The molecule has 188 valence electrons. The van der Waals surface area contributed by atoms with E-state index in [-0.39, 0.29) is 21.1 Å². The topological polar surface area (TPSA) is 39.9 Å². The first-order chi connectivity index (χ1) is 18.8. The number of fused-ring (bicyclic) bond motifs is 3. The summed E-state index contributed by atoms with van der Waals surface area (Å²) in [6.45, 7) is 0. The Labute approximate surface area is 240 Å². The third kappa shape index (κ3) is 4.65. The predicted octanol–water partition coefficient (Wildman–Crippen LogP) is 8.30. The van der Waals surface area contributed by atoms with E-state index in [1.807, 2.05) is 54.7 Å². The normalized spacial score (nSPS) is 10.9. The van der Waals surface area contributed by atoms with Crippen molar-refractivity contribution in [3.8, 4) is 39.7 Å². The molecule has 0 saturated carbocycles. The molecule has 4 aromatic carbocycles. The summed E-state index contributed by atoms with van der Waals surface area (Å²) in [7, 11) is 0. The molecule has 0 aliphatic rings. The van der Waals surface area contributed by atoms with Crippen molar-refractivity contribution in [2.75, 3.05) is 0 Å². The summed E-state index contributed by atoms with van der Waals surface area (Å²) in [5, 5.41) is 2.28. The van der Waals surface area contributed by atoms with Crippen LogP contribution in [-0.2, 0) is 21.1 Å². The van der Waals surface area contributed by atoms with Crippen molar-refractivity contribution < 1.29 is 25.8 Å². The second kappa shape index (κ2) is 10.7. The van der Waals surface area contributed by atoms with Crippen LogP contribution >= 0.6 is 0 Å². The summed E-state index contributed by atoms with van der Waals surface area (Å²) < 4.78 is 8.15. The van der Waals surface area contributed by atoms with Crippen LogP contribution in [0.3, 0.4) is 0 Å². The third-order valence-corrected chi connectivity index (χ3v) is 6.58. The maximum absolute atomic E-state index is 5.94. The summed E-state index contributed by atoms with van der Waals surface area (Å²) in [6.07, 6.45) is 3.56. The van der Waals surface area contributed by atoms with Gasteiger partial charge in [0.2, 0.25) is 5.88 Å². The van der Waals surface area contributed by atoms with E-state index in [2.05, 4.69) is 88.4 Å². The van der Waals surface area contributed by atoms with Crippen LogP contribution in [0.5, 0.6) is 11.6 Å². The zero-order chi connectivity index (χ0) is 25.3. The van der Waals surface area contributed by atoms with E-state index in [4.69, 9.17) is 9.72 Å². The van der Waals surface area contributed by atoms with Crippen LogP contribution in [0.4, 0.5) is 0 Å². The molecule has 4 nitrogen and oxygen atoms in total. The summed E-state index contributed by atoms with van der Waals surface area (Å²) in [6, 6.07) is 45.7. The number of ether oxygens (including phenoxy) is 1. The van der Waals surface area contributed by atoms with Gasteiger partial charge < -0.3 is 9.30 Å². The van der Waals surface area contributed by atoms with Crippen LogP contribution in [0.2, 0.25) is 0 Å². The predicted molar refractivity (Wildman–Crippen MR) is 151 cm³/mol. The fourth-order valence-corrected chi connectivity index (χ4v) is 4.87. The van der Waals surface area contributed by atoms with Crippen LogP contribution in [-0.4, -0.2) is 14.5 Å². The molecule has 0 unspecified atom stereocenters. The molecule has 0 atom stereocenters.